The van der Waals surface area contributed by atoms with Crippen molar-refractivity contribution in [2.45, 2.75) is 174 Å². The number of unbranched alkanes of at least 4 members (excludes halogenated alkanes) is 15. The summed E-state index contributed by atoms with van der Waals surface area (Å²) in [7, 11) is 1.42. The zero-order chi connectivity index (χ0) is 41.4. The van der Waals surface area contributed by atoms with E-state index in [0.717, 1.165) is 32.1 Å². The third-order valence-electron chi connectivity index (χ3n) is 9.03. The summed E-state index contributed by atoms with van der Waals surface area (Å²) in [6, 6.07) is 0. The van der Waals surface area contributed by atoms with E-state index in [0.29, 0.717) is 30.3 Å². The van der Waals surface area contributed by atoms with Gasteiger partial charge in [-0.2, -0.15) is 0 Å². The van der Waals surface area contributed by atoms with Crippen LogP contribution < -0.4 is 0 Å². The minimum absolute atomic E-state index is 0.0149. The van der Waals surface area contributed by atoms with E-state index in [2.05, 4.69) is 62.5 Å². The van der Waals surface area contributed by atoms with E-state index in [1.54, 1.807) is 0 Å². The maximum atomic E-state index is 12.7. The maximum absolute atomic E-state index is 12.7. The highest BCUT2D eigenvalue weighted by Gasteiger charge is 2.27. The first-order valence-electron chi connectivity index (χ1n) is 22.0. The van der Waals surface area contributed by atoms with Crippen LogP contribution in [-0.4, -0.2) is 74.9 Å². The van der Waals surface area contributed by atoms with Gasteiger partial charge in [-0.1, -0.05) is 152 Å². The molecule has 0 saturated heterocycles. The monoisotopic (exact) mass is 809 g/mol. The smallest absolute Gasteiger partial charge is 0.462 e. The molecule has 0 saturated carbocycles. The predicted octanol–water partition coefficient (Wildman–Crippen LogP) is 12.5. The van der Waals surface area contributed by atoms with Gasteiger partial charge in [-0.05, 0) is 64.2 Å². The van der Waals surface area contributed by atoms with Gasteiger partial charge in [-0.25, -0.2) is 4.57 Å². The Morgan fingerprint density at radius 3 is 1.55 bits per heavy atom. The molecule has 0 radical (unpaired) electrons. The second-order valence-electron chi connectivity index (χ2n) is 15.7. The number of hydrogen-bond donors (Lipinski definition) is 1. The number of hydrogen-bond acceptors (Lipinski definition) is 7. The molecule has 0 spiro atoms. The van der Waals surface area contributed by atoms with Crippen molar-refractivity contribution >= 4 is 19.8 Å². The molecule has 0 fully saturated rings. The van der Waals surface area contributed by atoms with E-state index in [4.69, 9.17) is 18.5 Å². The van der Waals surface area contributed by atoms with Crippen LogP contribution in [0.5, 0.6) is 0 Å². The van der Waals surface area contributed by atoms with Crippen LogP contribution in [0.25, 0.3) is 0 Å². The van der Waals surface area contributed by atoms with Gasteiger partial charge < -0.3 is 18.9 Å². The molecule has 0 bridgehead atoms. The average molecular weight is 809 g/mol. The molecule has 0 aromatic heterocycles. The summed E-state index contributed by atoms with van der Waals surface area (Å²) < 4.78 is 34.2. The van der Waals surface area contributed by atoms with Gasteiger partial charge in [0.05, 0.1) is 27.7 Å². The number of phosphoric ester groups is 1. The lowest BCUT2D eigenvalue weighted by Crippen LogP contribution is -2.37. The predicted molar refractivity (Wildman–Crippen MR) is 233 cm³/mol. The van der Waals surface area contributed by atoms with Gasteiger partial charge in [-0.3, -0.25) is 18.6 Å². The topological polar surface area (TPSA) is 108 Å². The number of quaternary nitrogens is 1. The fraction of sp³-hybridized carbons (Fsp3) is 0.739. The zero-order valence-corrected chi connectivity index (χ0v) is 37.2. The third-order valence-corrected chi connectivity index (χ3v) is 10.0. The number of carbonyl (C=O) groups is 2. The Balaban J connectivity index is 4.51. The largest absolute Gasteiger partial charge is 0.472 e. The Morgan fingerprint density at radius 1 is 0.554 bits per heavy atom. The number of allylic oxidation sites excluding steroid dienone is 10. The molecule has 1 unspecified atom stereocenters. The van der Waals surface area contributed by atoms with Crippen molar-refractivity contribution < 1.29 is 42.1 Å². The summed E-state index contributed by atoms with van der Waals surface area (Å²) in [5.74, 6) is -0.924. The average Bonchev–Trinajstić information content (AvgIpc) is 3.15. The summed E-state index contributed by atoms with van der Waals surface area (Å²) in [5, 5.41) is 0. The van der Waals surface area contributed by atoms with Crippen LogP contribution in [0.3, 0.4) is 0 Å². The quantitative estimate of drug-likeness (QED) is 0.0215. The second-order valence-corrected chi connectivity index (χ2v) is 17.2. The van der Waals surface area contributed by atoms with Gasteiger partial charge in [0.2, 0.25) is 0 Å². The van der Waals surface area contributed by atoms with Crippen molar-refractivity contribution in [1.29, 1.82) is 0 Å². The zero-order valence-electron chi connectivity index (χ0n) is 36.3. The Labute approximate surface area is 343 Å². The van der Waals surface area contributed by atoms with Crippen molar-refractivity contribution in [2.24, 2.45) is 0 Å². The van der Waals surface area contributed by atoms with E-state index < -0.39 is 32.5 Å². The SMILES string of the molecule is CCCCC/C=C/C/C=C/C/C=C/C/C=C/CCCC(=O)O[C@H](COC(=O)CC/C=C/CCCCCCCCCCCCC)COP(=O)(O)OCC[N+](C)(C)C. The van der Waals surface area contributed by atoms with Gasteiger partial charge in [0.25, 0.3) is 0 Å². The summed E-state index contributed by atoms with van der Waals surface area (Å²) in [5.41, 5.74) is 0. The first-order chi connectivity index (χ1) is 27.0. The fourth-order valence-corrected chi connectivity index (χ4v) is 6.29. The van der Waals surface area contributed by atoms with E-state index in [1.807, 2.05) is 33.3 Å². The van der Waals surface area contributed by atoms with E-state index in [9.17, 15) is 19.0 Å². The van der Waals surface area contributed by atoms with Crippen molar-refractivity contribution in [3.63, 3.8) is 0 Å². The van der Waals surface area contributed by atoms with Crippen molar-refractivity contribution in [2.75, 3.05) is 47.5 Å². The van der Waals surface area contributed by atoms with E-state index in [-0.39, 0.29) is 26.1 Å². The van der Waals surface area contributed by atoms with Crippen LogP contribution in [0, 0.1) is 0 Å². The van der Waals surface area contributed by atoms with E-state index in [1.165, 1.54) is 89.9 Å². The summed E-state index contributed by atoms with van der Waals surface area (Å²) in [4.78, 5) is 35.3. The Kier molecular flexibility index (Phi) is 36.7. The molecule has 0 heterocycles. The first kappa shape index (κ1) is 53.7. The highest BCUT2D eigenvalue weighted by Crippen LogP contribution is 2.43. The summed E-state index contributed by atoms with van der Waals surface area (Å²) >= 11 is 0. The normalized spacial score (nSPS) is 14.2. The minimum Gasteiger partial charge on any atom is -0.462 e. The second kappa shape index (κ2) is 38.2. The number of ether oxygens (including phenoxy) is 2. The highest BCUT2D eigenvalue weighted by atomic mass is 31.2. The summed E-state index contributed by atoms with van der Waals surface area (Å²) in [6.45, 7) is 4.28. The molecule has 1 N–H and O–H groups in total. The molecule has 0 amide bonds. The Bertz CT molecular complexity index is 1140. The minimum atomic E-state index is -4.40. The molecular weight excluding hydrogens is 725 g/mol. The number of esters is 2. The number of phosphoric acid groups is 1. The van der Waals surface area contributed by atoms with Gasteiger partial charge in [-0.15, -0.1) is 0 Å². The number of likely N-dealkylation sites (N-methyl/N-ethyl adjacent to an activating group) is 1. The lowest BCUT2D eigenvalue weighted by Gasteiger charge is -2.24. The van der Waals surface area contributed by atoms with Crippen LogP contribution in [0.4, 0.5) is 0 Å². The Hall–Kier alpha value is -2.29. The number of nitrogens with zero attached hydrogens (tertiary/aromatic N) is 1. The third kappa shape index (κ3) is 41.3. The van der Waals surface area contributed by atoms with Crippen molar-refractivity contribution in [1.82, 2.24) is 0 Å². The van der Waals surface area contributed by atoms with Gasteiger partial charge in [0, 0.05) is 12.8 Å². The van der Waals surface area contributed by atoms with Gasteiger partial charge in [0.15, 0.2) is 6.10 Å². The first-order valence-corrected chi connectivity index (χ1v) is 23.5. The molecule has 324 valence electrons. The Morgan fingerprint density at radius 2 is 1.00 bits per heavy atom. The van der Waals surface area contributed by atoms with Gasteiger partial charge >= 0.3 is 19.8 Å². The highest BCUT2D eigenvalue weighted by molar-refractivity contribution is 7.47. The summed E-state index contributed by atoms with van der Waals surface area (Å²) in [6.07, 6.45) is 45.7. The van der Waals surface area contributed by atoms with Crippen LogP contribution in [0.1, 0.15) is 168 Å². The lowest BCUT2D eigenvalue weighted by molar-refractivity contribution is -0.870. The molecule has 0 aliphatic carbocycles. The molecular formula is C46H83NO8P+. The molecule has 2 atom stereocenters. The molecule has 10 heteroatoms. The lowest BCUT2D eigenvalue weighted by atomic mass is 10.1. The fourth-order valence-electron chi connectivity index (χ4n) is 5.55. The van der Waals surface area contributed by atoms with Crippen molar-refractivity contribution in [3.8, 4) is 0 Å². The molecule has 0 aromatic rings. The number of carbonyl (C=O) groups excluding carboxylic acids is 2. The van der Waals surface area contributed by atoms with Crippen LogP contribution in [0.15, 0.2) is 60.8 Å². The van der Waals surface area contributed by atoms with Crippen LogP contribution >= 0.6 is 7.82 Å². The van der Waals surface area contributed by atoms with Crippen LogP contribution in [-0.2, 0) is 32.7 Å². The standard InChI is InChI=1S/C46H82NO8P/c1-6-8-10-12-14-16-18-20-22-23-25-27-29-31-33-35-37-39-46(49)55-44(43-54-56(50,51)53-41-40-47(3,4)5)42-52-45(48)38-36-34-32-30-28-26-24-21-19-17-15-13-11-9-7-2/h14,16,20,22,25,27,31-34,44H,6-13,15,17-19,21,23-24,26,28-30,35-43H2,1-5H3/p+1/b16-14+,22-20+,27-25+,33-31+,34-32+/t44-/m1/s1. The molecule has 0 aliphatic rings. The van der Waals surface area contributed by atoms with Gasteiger partial charge in [0.1, 0.15) is 19.8 Å². The molecule has 0 aromatic carbocycles. The molecule has 0 rings (SSSR count). The molecule has 9 nitrogen and oxygen atoms in total. The number of rotatable bonds is 39. The molecule has 56 heavy (non-hydrogen) atoms. The van der Waals surface area contributed by atoms with E-state index >= 15 is 0 Å². The van der Waals surface area contributed by atoms with Crippen LogP contribution in [0.2, 0.25) is 0 Å². The maximum Gasteiger partial charge on any atom is 0.472 e. The van der Waals surface area contributed by atoms with Crippen molar-refractivity contribution in [3.05, 3.63) is 60.8 Å². The molecule has 0 aliphatic heterocycles.